The molecule has 0 aliphatic heterocycles. The predicted molar refractivity (Wildman–Crippen MR) is 87.8 cm³/mol. The lowest BCUT2D eigenvalue weighted by molar-refractivity contribution is 0.526. The fourth-order valence-corrected chi connectivity index (χ4v) is 3.57. The van der Waals surface area contributed by atoms with Crippen LogP contribution in [-0.4, -0.2) is 11.0 Å². The van der Waals surface area contributed by atoms with Crippen LogP contribution in [0.5, 0.6) is 0 Å². The van der Waals surface area contributed by atoms with Crippen LogP contribution in [0.4, 0.5) is 0 Å². The Morgan fingerprint density at radius 3 is 2.55 bits per heavy atom. The highest BCUT2D eigenvalue weighted by atomic mass is 35.5. The van der Waals surface area contributed by atoms with Crippen molar-refractivity contribution in [3.05, 3.63) is 50.4 Å². The molecule has 2 aromatic rings. The minimum atomic E-state index is 0.0627. The van der Waals surface area contributed by atoms with Gasteiger partial charge in [-0.2, -0.15) is 0 Å². The molecule has 2 nitrogen and oxygen atoms in total. The van der Waals surface area contributed by atoms with E-state index in [1.54, 1.807) is 11.3 Å². The van der Waals surface area contributed by atoms with Gasteiger partial charge in [0.15, 0.2) is 0 Å². The Hall–Kier alpha value is -0.900. The monoisotopic (exact) mass is 308 g/mol. The van der Waals surface area contributed by atoms with Gasteiger partial charge in [0.1, 0.15) is 5.01 Å². The first kappa shape index (κ1) is 15.5. The van der Waals surface area contributed by atoms with Crippen LogP contribution < -0.4 is 5.32 Å². The molecule has 0 bridgehead atoms. The van der Waals surface area contributed by atoms with E-state index in [0.717, 1.165) is 22.0 Å². The van der Waals surface area contributed by atoms with Gasteiger partial charge in [-0.25, -0.2) is 4.98 Å². The molecule has 1 N–H and O–H groups in total. The van der Waals surface area contributed by atoms with E-state index in [1.165, 1.54) is 10.6 Å². The normalized spacial score (nSPS) is 12.9. The number of thiazole rings is 1. The first-order valence-electron chi connectivity index (χ1n) is 6.99. The summed E-state index contributed by atoms with van der Waals surface area (Å²) < 4.78 is 0. The maximum absolute atomic E-state index is 6.37. The van der Waals surface area contributed by atoms with Gasteiger partial charge in [0.05, 0.1) is 11.7 Å². The lowest BCUT2D eigenvalue weighted by atomic mass is 10.1. The molecule has 2 rings (SSSR count). The van der Waals surface area contributed by atoms with Crippen molar-refractivity contribution in [1.82, 2.24) is 10.3 Å². The van der Waals surface area contributed by atoms with Crippen molar-refractivity contribution in [3.8, 4) is 0 Å². The summed E-state index contributed by atoms with van der Waals surface area (Å²) in [6.07, 6.45) is 0.971. The molecule has 4 heteroatoms. The van der Waals surface area contributed by atoms with Crippen LogP contribution in [-0.2, 0) is 6.42 Å². The van der Waals surface area contributed by atoms with Crippen LogP contribution in [0.25, 0.3) is 0 Å². The molecule has 0 saturated heterocycles. The van der Waals surface area contributed by atoms with Crippen molar-refractivity contribution in [3.63, 3.8) is 0 Å². The number of rotatable bonds is 5. The number of halogens is 1. The molecule has 0 fully saturated rings. The predicted octanol–water partition coefficient (Wildman–Crippen LogP) is 4.75. The zero-order chi connectivity index (χ0) is 14.7. The molecule has 1 unspecified atom stereocenters. The van der Waals surface area contributed by atoms with E-state index in [0.29, 0.717) is 6.04 Å². The fraction of sp³-hybridized carbons (Fsp3) is 0.438. The maximum atomic E-state index is 6.37. The van der Waals surface area contributed by atoms with Crippen molar-refractivity contribution >= 4 is 22.9 Å². The van der Waals surface area contributed by atoms with Crippen LogP contribution in [0.3, 0.4) is 0 Å². The molecule has 0 spiro atoms. The molecule has 0 radical (unpaired) electrons. The second kappa shape index (κ2) is 6.70. The van der Waals surface area contributed by atoms with Crippen LogP contribution in [0, 0.1) is 6.92 Å². The first-order valence-corrected chi connectivity index (χ1v) is 8.19. The van der Waals surface area contributed by atoms with Gasteiger partial charge in [0.2, 0.25) is 0 Å². The van der Waals surface area contributed by atoms with E-state index in [9.17, 15) is 0 Å². The van der Waals surface area contributed by atoms with E-state index in [1.807, 2.05) is 18.2 Å². The minimum absolute atomic E-state index is 0.0627. The van der Waals surface area contributed by atoms with E-state index in [4.69, 9.17) is 16.6 Å². The molecular formula is C16H21ClN2S. The summed E-state index contributed by atoms with van der Waals surface area (Å²) in [6.45, 7) is 8.57. The van der Waals surface area contributed by atoms with Crippen LogP contribution in [0.15, 0.2) is 24.3 Å². The highest BCUT2D eigenvalue weighted by molar-refractivity contribution is 7.11. The molecule has 1 aromatic heterocycles. The Kier molecular flexibility index (Phi) is 5.19. The highest BCUT2D eigenvalue weighted by Crippen LogP contribution is 2.32. The van der Waals surface area contributed by atoms with Crippen LogP contribution in [0.2, 0.25) is 5.02 Å². The quantitative estimate of drug-likeness (QED) is 0.862. The van der Waals surface area contributed by atoms with Gasteiger partial charge in [-0.1, -0.05) is 36.7 Å². The van der Waals surface area contributed by atoms with Crippen molar-refractivity contribution in [2.45, 2.75) is 46.2 Å². The standard InChI is InChI=1S/C16H21ClN2S/c1-5-14-11(4)20-16(19-14)15(18-10(2)3)12-8-6-7-9-13(12)17/h6-10,15,18H,5H2,1-4H3. The fourth-order valence-electron chi connectivity index (χ4n) is 2.24. The smallest absolute Gasteiger partial charge is 0.115 e. The molecule has 20 heavy (non-hydrogen) atoms. The summed E-state index contributed by atoms with van der Waals surface area (Å²) in [5.41, 5.74) is 2.28. The summed E-state index contributed by atoms with van der Waals surface area (Å²) in [7, 11) is 0. The summed E-state index contributed by atoms with van der Waals surface area (Å²) in [4.78, 5) is 6.09. The number of aromatic nitrogens is 1. The Morgan fingerprint density at radius 2 is 2.00 bits per heavy atom. The van der Waals surface area contributed by atoms with E-state index >= 15 is 0 Å². The second-order valence-electron chi connectivity index (χ2n) is 5.18. The SMILES string of the molecule is CCc1nc(C(NC(C)C)c2ccccc2Cl)sc1C. The third-order valence-corrected chi connectivity index (χ3v) is 4.63. The summed E-state index contributed by atoms with van der Waals surface area (Å²) in [6, 6.07) is 8.43. The third kappa shape index (κ3) is 3.40. The summed E-state index contributed by atoms with van der Waals surface area (Å²) >= 11 is 8.13. The first-order chi connectivity index (χ1) is 9.52. The average molecular weight is 309 g/mol. The van der Waals surface area contributed by atoms with Gasteiger partial charge >= 0.3 is 0 Å². The molecule has 1 aromatic carbocycles. The molecule has 108 valence electrons. The highest BCUT2D eigenvalue weighted by Gasteiger charge is 2.21. The van der Waals surface area contributed by atoms with Gasteiger partial charge in [-0.15, -0.1) is 11.3 Å². The number of hydrogen-bond acceptors (Lipinski definition) is 3. The van der Waals surface area contributed by atoms with Gasteiger partial charge in [-0.3, -0.25) is 0 Å². The lowest BCUT2D eigenvalue weighted by Crippen LogP contribution is -2.29. The van der Waals surface area contributed by atoms with E-state index < -0.39 is 0 Å². The van der Waals surface area contributed by atoms with E-state index in [2.05, 4.69) is 39.1 Å². The molecule has 1 atom stereocenters. The molecular weight excluding hydrogens is 288 g/mol. The Bertz CT molecular complexity index is 578. The largest absolute Gasteiger partial charge is 0.302 e. The van der Waals surface area contributed by atoms with Gasteiger partial charge in [0, 0.05) is 15.9 Å². The second-order valence-corrected chi connectivity index (χ2v) is 6.83. The van der Waals surface area contributed by atoms with Crippen LogP contribution >= 0.6 is 22.9 Å². The number of aryl methyl sites for hydroxylation is 2. The molecule has 0 aliphatic carbocycles. The Balaban J connectivity index is 2.44. The molecule has 1 heterocycles. The number of benzene rings is 1. The minimum Gasteiger partial charge on any atom is -0.302 e. The van der Waals surface area contributed by atoms with Gasteiger partial charge < -0.3 is 5.32 Å². The zero-order valence-electron chi connectivity index (χ0n) is 12.4. The summed E-state index contributed by atoms with van der Waals surface area (Å²) in [5.74, 6) is 0. The topological polar surface area (TPSA) is 24.9 Å². The molecule has 0 saturated carbocycles. The third-order valence-electron chi connectivity index (χ3n) is 3.21. The van der Waals surface area contributed by atoms with Crippen molar-refractivity contribution < 1.29 is 0 Å². The van der Waals surface area contributed by atoms with Gasteiger partial charge in [-0.05, 0) is 38.8 Å². The summed E-state index contributed by atoms with van der Waals surface area (Å²) in [5, 5.41) is 5.47. The van der Waals surface area contributed by atoms with Crippen molar-refractivity contribution in [2.24, 2.45) is 0 Å². The van der Waals surface area contributed by atoms with E-state index in [-0.39, 0.29) is 6.04 Å². The Morgan fingerprint density at radius 1 is 1.30 bits per heavy atom. The molecule has 0 aliphatic rings. The lowest BCUT2D eigenvalue weighted by Gasteiger charge is -2.20. The van der Waals surface area contributed by atoms with Crippen molar-refractivity contribution in [2.75, 3.05) is 0 Å². The van der Waals surface area contributed by atoms with Crippen molar-refractivity contribution in [1.29, 1.82) is 0 Å². The number of hydrogen-bond donors (Lipinski definition) is 1. The maximum Gasteiger partial charge on any atom is 0.115 e. The number of nitrogens with one attached hydrogen (secondary N) is 1. The molecule has 0 amide bonds. The average Bonchev–Trinajstić information content (AvgIpc) is 2.78. The zero-order valence-corrected chi connectivity index (χ0v) is 14.0. The Labute approximate surface area is 130 Å². The van der Waals surface area contributed by atoms with Gasteiger partial charge in [0.25, 0.3) is 0 Å². The number of nitrogens with zero attached hydrogens (tertiary/aromatic N) is 1. The van der Waals surface area contributed by atoms with Crippen LogP contribution in [0.1, 0.15) is 48.0 Å².